The summed E-state index contributed by atoms with van der Waals surface area (Å²) in [6, 6.07) is 7.56. The van der Waals surface area contributed by atoms with E-state index in [1.807, 2.05) is 0 Å². The Kier molecular flexibility index (Phi) is 3.96. The summed E-state index contributed by atoms with van der Waals surface area (Å²) in [5, 5.41) is 7.01. The maximum atomic E-state index is 12.9. The van der Waals surface area contributed by atoms with Crippen LogP contribution in [0.2, 0.25) is 0 Å². The number of aromatic nitrogens is 2. The molecule has 0 aliphatic carbocycles. The van der Waals surface area contributed by atoms with Crippen molar-refractivity contribution in [2.24, 2.45) is 0 Å². The third-order valence-electron chi connectivity index (χ3n) is 3.43. The molecular formula is C15H16FN3O2. The molecule has 1 N–H and O–H groups in total. The number of ether oxygens (including phenoxy) is 1. The van der Waals surface area contributed by atoms with E-state index in [0.29, 0.717) is 17.9 Å². The third-order valence-corrected chi connectivity index (χ3v) is 3.43. The third kappa shape index (κ3) is 3.28. The van der Waals surface area contributed by atoms with Crippen LogP contribution >= 0.6 is 0 Å². The molecule has 3 rings (SSSR count). The van der Waals surface area contributed by atoms with E-state index in [1.165, 1.54) is 12.1 Å². The SMILES string of the molecule is O=C(NCC1CCCO1)c1ccn(-c2ccc(F)cc2)n1. The molecule has 5 nitrogen and oxygen atoms in total. The van der Waals surface area contributed by atoms with Gasteiger partial charge in [0.1, 0.15) is 5.82 Å². The van der Waals surface area contributed by atoms with Crippen LogP contribution < -0.4 is 5.32 Å². The van der Waals surface area contributed by atoms with Crippen LogP contribution in [0.5, 0.6) is 0 Å². The maximum absolute atomic E-state index is 12.9. The van der Waals surface area contributed by atoms with Crippen LogP contribution in [0.1, 0.15) is 23.3 Å². The lowest BCUT2D eigenvalue weighted by Crippen LogP contribution is -2.32. The van der Waals surface area contributed by atoms with Gasteiger partial charge in [-0.15, -0.1) is 0 Å². The van der Waals surface area contributed by atoms with Crippen LogP contribution in [0.4, 0.5) is 4.39 Å². The summed E-state index contributed by atoms with van der Waals surface area (Å²) in [5.74, 6) is -0.535. The molecule has 2 aromatic rings. The van der Waals surface area contributed by atoms with Gasteiger partial charge >= 0.3 is 0 Å². The van der Waals surface area contributed by atoms with Gasteiger partial charge in [-0.2, -0.15) is 5.10 Å². The number of nitrogens with one attached hydrogen (secondary N) is 1. The summed E-state index contributed by atoms with van der Waals surface area (Å²) in [6.07, 6.45) is 3.80. The zero-order valence-electron chi connectivity index (χ0n) is 11.5. The highest BCUT2D eigenvalue weighted by Crippen LogP contribution is 2.11. The van der Waals surface area contributed by atoms with Crippen molar-refractivity contribution in [1.82, 2.24) is 15.1 Å². The standard InChI is InChI=1S/C15H16FN3O2/c16-11-3-5-12(6-4-11)19-8-7-14(18-19)15(20)17-10-13-2-1-9-21-13/h3-8,13H,1-2,9-10H2,(H,17,20). The Morgan fingerprint density at radius 2 is 2.19 bits per heavy atom. The first kappa shape index (κ1) is 13.8. The van der Waals surface area contributed by atoms with Crippen LogP contribution in [0, 0.1) is 5.82 Å². The van der Waals surface area contributed by atoms with Crippen LogP contribution in [-0.2, 0) is 4.74 Å². The van der Waals surface area contributed by atoms with Gasteiger partial charge in [-0.3, -0.25) is 4.79 Å². The smallest absolute Gasteiger partial charge is 0.271 e. The van der Waals surface area contributed by atoms with Crippen molar-refractivity contribution in [3.8, 4) is 5.69 Å². The maximum Gasteiger partial charge on any atom is 0.271 e. The topological polar surface area (TPSA) is 56.1 Å². The predicted octanol–water partition coefficient (Wildman–Crippen LogP) is 1.92. The summed E-state index contributed by atoms with van der Waals surface area (Å²) < 4.78 is 19.9. The van der Waals surface area contributed by atoms with Gasteiger partial charge in [-0.25, -0.2) is 9.07 Å². The van der Waals surface area contributed by atoms with Crippen molar-refractivity contribution in [2.75, 3.05) is 13.2 Å². The first-order valence-electron chi connectivity index (χ1n) is 6.94. The lowest BCUT2D eigenvalue weighted by atomic mass is 10.2. The highest BCUT2D eigenvalue weighted by molar-refractivity contribution is 5.92. The number of halogens is 1. The number of hydrogen-bond donors (Lipinski definition) is 1. The number of carbonyl (C=O) groups excluding carboxylic acids is 1. The lowest BCUT2D eigenvalue weighted by Gasteiger charge is -2.09. The Hall–Kier alpha value is -2.21. The van der Waals surface area contributed by atoms with E-state index in [0.717, 1.165) is 19.4 Å². The predicted molar refractivity (Wildman–Crippen MR) is 74.8 cm³/mol. The number of benzene rings is 1. The van der Waals surface area contributed by atoms with Gasteiger partial charge in [0.2, 0.25) is 0 Å². The van der Waals surface area contributed by atoms with E-state index < -0.39 is 0 Å². The van der Waals surface area contributed by atoms with Crippen molar-refractivity contribution in [3.05, 3.63) is 48.0 Å². The summed E-state index contributed by atoms with van der Waals surface area (Å²) >= 11 is 0. The van der Waals surface area contributed by atoms with Crippen molar-refractivity contribution in [1.29, 1.82) is 0 Å². The fourth-order valence-corrected chi connectivity index (χ4v) is 2.29. The van der Waals surface area contributed by atoms with E-state index >= 15 is 0 Å². The second-order valence-electron chi connectivity index (χ2n) is 4.97. The summed E-state index contributed by atoms with van der Waals surface area (Å²) in [4.78, 5) is 12.0. The van der Waals surface area contributed by atoms with E-state index in [2.05, 4.69) is 10.4 Å². The average molecular weight is 289 g/mol. The lowest BCUT2D eigenvalue weighted by molar-refractivity contribution is 0.0853. The van der Waals surface area contributed by atoms with Crippen molar-refractivity contribution in [3.63, 3.8) is 0 Å². The molecule has 0 bridgehead atoms. The molecule has 1 aliphatic heterocycles. The normalized spacial score (nSPS) is 17.9. The molecule has 1 saturated heterocycles. The highest BCUT2D eigenvalue weighted by atomic mass is 19.1. The molecule has 0 radical (unpaired) electrons. The van der Waals surface area contributed by atoms with Crippen LogP contribution in [0.25, 0.3) is 5.69 Å². The molecule has 0 saturated carbocycles. The Morgan fingerprint density at radius 3 is 2.90 bits per heavy atom. The Labute approximate surface area is 121 Å². The highest BCUT2D eigenvalue weighted by Gasteiger charge is 2.17. The quantitative estimate of drug-likeness (QED) is 0.935. The average Bonchev–Trinajstić information content (AvgIpc) is 3.17. The molecule has 6 heteroatoms. The largest absolute Gasteiger partial charge is 0.376 e. The van der Waals surface area contributed by atoms with Gasteiger partial charge in [0.05, 0.1) is 11.8 Å². The summed E-state index contributed by atoms with van der Waals surface area (Å²) in [7, 11) is 0. The Bertz CT molecular complexity index is 618. The molecule has 1 aliphatic rings. The molecule has 1 amide bonds. The number of nitrogens with zero attached hydrogens (tertiary/aromatic N) is 2. The van der Waals surface area contributed by atoms with Gasteiger partial charge in [-0.1, -0.05) is 0 Å². The molecular weight excluding hydrogens is 273 g/mol. The zero-order chi connectivity index (χ0) is 14.7. The number of carbonyl (C=O) groups is 1. The van der Waals surface area contributed by atoms with Crippen LogP contribution in [0.15, 0.2) is 36.5 Å². The first-order valence-corrected chi connectivity index (χ1v) is 6.94. The van der Waals surface area contributed by atoms with Gasteiger partial charge < -0.3 is 10.1 Å². The summed E-state index contributed by atoms with van der Waals surface area (Å²) in [6.45, 7) is 1.27. The molecule has 1 unspecified atom stereocenters. The Balaban J connectivity index is 1.63. The van der Waals surface area contributed by atoms with Crippen LogP contribution in [0.3, 0.4) is 0 Å². The van der Waals surface area contributed by atoms with E-state index in [1.54, 1.807) is 29.1 Å². The molecule has 110 valence electrons. The minimum absolute atomic E-state index is 0.105. The first-order chi connectivity index (χ1) is 10.2. The van der Waals surface area contributed by atoms with Gasteiger partial charge in [0.25, 0.3) is 5.91 Å². The Morgan fingerprint density at radius 1 is 1.38 bits per heavy atom. The second-order valence-corrected chi connectivity index (χ2v) is 4.97. The molecule has 1 fully saturated rings. The molecule has 1 aromatic carbocycles. The van der Waals surface area contributed by atoms with E-state index in [-0.39, 0.29) is 17.8 Å². The van der Waals surface area contributed by atoms with E-state index in [9.17, 15) is 9.18 Å². The monoisotopic (exact) mass is 289 g/mol. The number of rotatable bonds is 4. The fraction of sp³-hybridized carbons (Fsp3) is 0.333. The number of hydrogen-bond acceptors (Lipinski definition) is 3. The van der Waals surface area contributed by atoms with Gasteiger partial charge in [0, 0.05) is 19.3 Å². The summed E-state index contributed by atoms with van der Waals surface area (Å²) in [5.41, 5.74) is 1.03. The zero-order valence-corrected chi connectivity index (χ0v) is 11.5. The molecule has 1 aromatic heterocycles. The minimum atomic E-state index is -0.305. The second kappa shape index (κ2) is 6.05. The fourth-order valence-electron chi connectivity index (χ4n) is 2.29. The minimum Gasteiger partial charge on any atom is -0.376 e. The van der Waals surface area contributed by atoms with Crippen molar-refractivity contribution in [2.45, 2.75) is 18.9 Å². The van der Waals surface area contributed by atoms with Crippen molar-refractivity contribution < 1.29 is 13.9 Å². The van der Waals surface area contributed by atoms with Gasteiger partial charge in [0.15, 0.2) is 5.69 Å². The van der Waals surface area contributed by atoms with Crippen molar-refractivity contribution >= 4 is 5.91 Å². The van der Waals surface area contributed by atoms with Crippen LogP contribution in [-0.4, -0.2) is 34.9 Å². The van der Waals surface area contributed by atoms with Gasteiger partial charge in [-0.05, 0) is 43.2 Å². The molecule has 0 spiro atoms. The molecule has 21 heavy (non-hydrogen) atoms. The van der Waals surface area contributed by atoms with E-state index in [4.69, 9.17) is 4.74 Å². The molecule has 1 atom stereocenters. The number of amides is 1. The molecule has 2 heterocycles.